The fourth-order valence-electron chi connectivity index (χ4n) is 2.24. The van der Waals surface area contributed by atoms with Gasteiger partial charge in [0.05, 0.1) is 6.33 Å². The van der Waals surface area contributed by atoms with Crippen LogP contribution in [0.4, 0.5) is 0 Å². The summed E-state index contributed by atoms with van der Waals surface area (Å²) < 4.78 is 7.42. The lowest BCUT2D eigenvalue weighted by Gasteiger charge is -2.00. The molecule has 3 rings (SSSR count). The van der Waals surface area contributed by atoms with Crippen molar-refractivity contribution in [1.29, 1.82) is 0 Å². The van der Waals surface area contributed by atoms with E-state index in [2.05, 4.69) is 40.8 Å². The molecule has 0 spiro atoms. The molecule has 3 heteroatoms. The Labute approximate surface area is 148 Å². The molecular weight excluding hydrogens is 308 g/mol. The SMILES string of the molecule is C(#Cc1ccccc1)COCC#Cc1cn(Cc2ccccc2)cn1. The molecule has 0 aliphatic heterocycles. The molecule has 1 aromatic heterocycles. The third-order valence-corrected chi connectivity index (χ3v) is 3.41. The topological polar surface area (TPSA) is 27.1 Å². The predicted octanol–water partition coefficient (Wildman–Crippen LogP) is 3.35. The first-order valence-electron chi connectivity index (χ1n) is 8.06. The smallest absolute Gasteiger partial charge is 0.131 e. The van der Waals surface area contributed by atoms with E-state index < -0.39 is 0 Å². The first kappa shape index (κ1) is 16.6. The molecule has 0 radical (unpaired) electrons. The van der Waals surface area contributed by atoms with Gasteiger partial charge >= 0.3 is 0 Å². The van der Waals surface area contributed by atoms with Crippen LogP contribution < -0.4 is 0 Å². The van der Waals surface area contributed by atoms with E-state index >= 15 is 0 Å². The molecule has 0 atom stereocenters. The fraction of sp³-hybridized carbons (Fsp3) is 0.136. The molecule has 0 unspecified atom stereocenters. The van der Waals surface area contributed by atoms with Gasteiger partial charge in [-0.2, -0.15) is 0 Å². The quantitative estimate of drug-likeness (QED) is 0.543. The second kappa shape index (κ2) is 9.13. The zero-order valence-corrected chi connectivity index (χ0v) is 13.9. The maximum absolute atomic E-state index is 5.40. The van der Waals surface area contributed by atoms with Crippen molar-refractivity contribution < 1.29 is 4.74 Å². The minimum atomic E-state index is 0.342. The largest absolute Gasteiger partial charge is 0.356 e. The zero-order chi connectivity index (χ0) is 17.2. The van der Waals surface area contributed by atoms with E-state index in [1.165, 1.54) is 5.56 Å². The first-order valence-corrected chi connectivity index (χ1v) is 8.06. The van der Waals surface area contributed by atoms with Gasteiger partial charge in [0, 0.05) is 18.3 Å². The lowest BCUT2D eigenvalue weighted by Crippen LogP contribution is -1.95. The van der Waals surface area contributed by atoms with E-state index in [4.69, 9.17) is 4.74 Å². The standard InChI is InChI=1S/C22H18N2O/c1-3-9-20(10-4-1)13-7-15-25-16-8-14-22-18-24(19-23-22)17-21-11-5-2-6-12-21/h1-6,9-12,18-19H,15-17H2. The molecule has 0 aliphatic carbocycles. The molecule has 3 nitrogen and oxygen atoms in total. The number of ether oxygens (including phenoxy) is 1. The van der Waals surface area contributed by atoms with Crippen molar-refractivity contribution in [3.63, 3.8) is 0 Å². The Bertz CT molecular complexity index is 906. The summed E-state index contributed by atoms with van der Waals surface area (Å²) in [6.07, 6.45) is 3.73. The van der Waals surface area contributed by atoms with Crippen LogP contribution in [0.2, 0.25) is 0 Å². The van der Waals surface area contributed by atoms with Crippen molar-refractivity contribution in [3.05, 3.63) is 90.0 Å². The van der Waals surface area contributed by atoms with Gasteiger partial charge in [0.15, 0.2) is 0 Å². The highest BCUT2D eigenvalue weighted by molar-refractivity contribution is 5.33. The van der Waals surface area contributed by atoms with Crippen LogP contribution in [-0.2, 0) is 11.3 Å². The van der Waals surface area contributed by atoms with E-state index in [1.807, 2.05) is 59.3 Å². The van der Waals surface area contributed by atoms with Crippen LogP contribution in [-0.4, -0.2) is 22.8 Å². The van der Waals surface area contributed by atoms with E-state index in [1.54, 1.807) is 6.33 Å². The third-order valence-electron chi connectivity index (χ3n) is 3.41. The summed E-state index contributed by atoms with van der Waals surface area (Å²) in [5.41, 5.74) is 2.97. The lowest BCUT2D eigenvalue weighted by molar-refractivity contribution is 0.204. The Morgan fingerprint density at radius 2 is 1.52 bits per heavy atom. The van der Waals surface area contributed by atoms with E-state index in [0.29, 0.717) is 13.2 Å². The summed E-state index contributed by atoms with van der Waals surface area (Å²) >= 11 is 0. The van der Waals surface area contributed by atoms with Gasteiger partial charge in [-0.3, -0.25) is 0 Å². The molecule has 1 heterocycles. The molecule has 0 amide bonds. The number of aromatic nitrogens is 2. The highest BCUT2D eigenvalue weighted by Crippen LogP contribution is 2.03. The molecular formula is C22H18N2O. The molecule has 25 heavy (non-hydrogen) atoms. The van der Waals surface area contributed by atoms with Gasteiger partial charge in [-0.1, -0.05) is 66.3 Å². The average molecular weight is 326 g/mol. The monoisotopic (exact) mass is 326 g/mol. The highest BCUT2D eigenvalue weighted by atomic mass is 16.5. The zero-order valence-electron chi connectivity index (χ0n) is 13.9. The molecule has 0 bridgehead atoms. The number of hydrogen-bond acceptors (Lipinski definition) is 2. The molecule has 0 saturated heterocycles. The number of rotatable bonds is 4. The fourth-order valence-corrected chi connectivity index (χ4v) is 2.24. The van der Waals surface area contributed by atoms with Crippen molar-refractivity contribution in [1.82, 2.24) is 9.55 Å². The summed E-state index contributed by atoms with van der Waals surface area (Å²) in [4.78, 5) is 4.29. The van der Waals surface area contributed by atoms with Crippen LogP contribution in [0, 0.1) is 23.7 Å². The molecule has 122 valence electrons. The third kappa shape index (κ3) is 5.70. The van der Waals surface area contributed by atoms with Crippen molar-refractivity contribution >= 4 is 0 Å². The Kier molecular flexibility index (Phi) is 6.06. The second-order valence-corrected chi connectivity index (χ2v) is 5.38. The van der Waals surface area contributed by atoms with Crippen molar-refractivity contribution in [2.24, 2.45) is 0 Å². The molecule has 0 aliphatic rings. The number of hydrogen-bond donors (Lipinski definition) is 0. The van der Waals surface area contributed by atoms with Crippen LogP contribution in [0.1, 0.15) is 16.8 Å². The summed E-state index contributed by atoms with van der Waals surface area (Å²) in [6.45, 7) is 1.50. The van der Waals surface area contributed by atoms with Crippen molar-refractivity contribution in [2.45, 2.75) is 6.54 Å². The predicted molar refractivity (Wildman–Crippen MR) is 98.8 cm³/mol. The average Bonchev–Trinajstić information content (AvgIpc) is 3.10. The van der Waals surface area contributed by atoms with Gasteiger partial charge in [-0.15, -0.1) is 0 Å². The Hall–Kier alpha value is -3.27. The van der Waals surface area contributed by atoms with E-state index in [0.717, 1.165) is 17.8 Å². The van der Waals surface area contributed by atoms with E-state index in [-0.39, 0.29) is 0 Å². The van der Waals surface area contributed by atoms with Crippen LogP contribution in [0.5, 0.6) is 0 Å². The van der Waals surface area contributed by atoms with Gasteiger partial charge in [-0.25, -0.2) is 4.98 Å². The molecule has 3 aromatic rings. The highest BCUT2D eigenvalue weighted by Gasteiger charge is 1.96. The molecule has 0 fully saturated rings. The van der Waals surface area contributed by atoms with Crippen LogP contribution in [0.25, 0.3) is 0 Å². The Balaban J connectivity index is 1.43. The van der Waals surface area contributed by atoms with Crippen LogP contribution in [0.15, 0.2) is 73.2 Å². The van der Waals surface area contributed by atoms with Gasteiger partial charge in [0.25, 0.3) is 0 Å². The van der Waals surface area contributed by atoms with Gasteiger partial charge in [0.2, 0.25) is 0 Å². The van der Waals surface area contributed by atoms with Gasteiger partial charge in [-0.05, 0) is 23.6 Å². The minimum Gasteiger partial charge on any atom is -0.356 e. The van der Waals surface area contributed by atoms with Gasteiger partial charge in [0.1, 0.15) is 18.9 Å². The first-order chi connectivity index (χ1) is 12.4. The van der Waals surface area contributed by atoms with Gasteiger partial charge < -0.3 is 9.30 Å². The Morgan fingerprint density at radius 3 is 2.28 bits per heavy atom. The summed E-state index contributed by atoms with van der Waals surface area (Å²) in [5.74, 6) is 12.0. The second-order valence-electron chi connectivity index (χ2n) is 5.38. The Morgan fingerprint density at radius 1 is 0.840 bits per heavy atom. The number of nitrogens with zero attached hydrogens (tertiary/aromatic N) is 2. The molecule has 0 saturated carbocycles. The maximum Gasteiger partial charge on any atom is 0.131 e. The minimum absolute atomic E-state index is 0.342. The van der Waals surface area contributed by atoms with Crippen LogP contribution >= 0.6 is 0 Å². The number of imidazole rings is 1. The lowest BCUT2D eigenvalue weighted by atomic mass is 10.2. The van der Waals surface area contributed by atoms with E-state index in [9.17, 15) is 0 Å². The van der Waals surface area contributed by atoms with Crippen LogP contribution in [0.3, 0.4) is 0 Å². The van der Waals surface area contributed by atoms with Crippen molar-refractivity contribution in [2.75, 3.05) is 13.2 Å². The number of benzene rings is 2. The summed E-state index contributed by atoms with van der Waals surface area (Å²) in [7, 11) is 0. The molecule has 2 aromatic carbocycles. The normalized spacial score (nSPS) is 9.60. The summed E-state index contributed by atoms with van der Waals surface area (Å²) in [5, 5.41) is 0. The maximum atomic E-state index is 5.40. The molecule has 0 N–H and O–H groups in total. The van der Waals surface area contributed by atoms with Crippen molar-refractivity contribution in [3.8, 4) is 23.7 Å². The summed E-state index contributed by atoms with van der Waals surface area (Å²) in [6, 6.07) is 20.1.